The minimum absolute atomic E-state index is 0.202. The summed E-state index contributed by atoms with van der Waals surface area (Å²) in [6.45, 7) is 1.91. The Kier molecular flexibility index (Phi) is 4.49. The molecule has 14 heavy (non-hydrogen) atoms. The zero-order valence-corrected chi connectivity index (χ0v) is 9.91. The summed E-state index contributed by atoms with van der Waals surface area (Å²) in [5.41, 5.74) is 1.76. The number of hydrogen-bond donors (Lipinski definition) is 0. The third kappa shape index (κ3) is 3.03. The van der Waals surface area contributed by atoms with E-state index < -0.39 is 0 Å². The van der Waals surface area contributed by atoms with Crippen molar-refractivity contribution in [2.45, 2.75) is 13.3 Å². The van der Waals surface area contributed by atoms with Gasteiger partial charge in [-0.15, -0.1) is 0 Å². The molecule has 3 heteroatoms. The summed E-state index contributed by atoms with van der Waals surface area (Å²) in [6.07, 6.45) is 2.60. The lowest BCUT2D eigenvalue weighted by Gasteiger charge is -2.04. The minimum atomic E-state index is 0.202. The standard InChI is InChI=1S/C11H13ClOS/c1-8-7-9(12)3-4-10(8)11(13)5-6-14-2/h3-4,7H,5-6H2,1-2H3. The zero-order valence-electron chi connectivity index (χ0n) is 8.34. The van der Waals surface area contributed by atoms with E-state index in [1.807, 2.05) is 19.2 Å². The molecule has 0 fully saturated rings. The molecule has 1 nitrogen and oxygen atoms in total. The highest BCUT2D eigenvalue weighted by atomic mass is 35.5. The molecule has 76 valence electrons. The lowest BCUT2D eigenvalue weighted by molar-refractivity contribution is 0.0989. The number of halogens is 1. The molecule has 0 unspecified atom stereocenters. The molecule has 0 aliphatic rings. The molecule has 0 saturated carbocycles. The van der Waals surface area contributed by atoms with Crippen molar-refractivity contribution in [1.29, 1.82) is 0 Å². The van der Waals surface area contributed by atoms with Crippen molar-refractivity contribution in [3.8, 4) is 0 Å². The van der Waals surface area contributed by atoms with Crippen LogP contribution in [0.3, 0.4) is 0 Å². The monoisotopic (exact) mass is 228 g/mol. The van der Waals surface area contributed by atoms with Gasteiger partial charge in [0.25, 0.3) is 0 Å². The minimum Gasteiger partial charge on any atom is -0.294 e. The third-order valence-electron chi connectivity index (χ3n) is 2.02. The van der Waals surface area contributed by atoms with E-state index in [-0.39, 0.29) is 5.78 Å². The first-order valence-corrected chi connectivity index (χ1v) is 6.20. The van der Waals surface area contributed by atoms with Gasteiger partial charge in [0.2, 0.25) is 0 Å². The molecule has 1 aromatic rings. The molecule has 0 atom stereocenters. The van der Waals surface area contributed by atoms with Gasteiger partial charge in [0.05, 0.1) is 0 Å². The zero-order chi connectivity index (χ0) is 10.6. The van der Waals surface area contributed by atoms with Crippen molar-refractivity contribution in [3.05, 3.63) is 34.3 Å². The molecular weight excluding hydrogens is 216 g/mol. The molecule has 0 saturated heterocycles. The second-order valence-electron chi connectivity index (χ2n) is 3.13. The quantitative estimate of drug-likeness (QED) is 0.733. The molecule has 0 N–H and O–H groups in total. The molecular formula is C11H13ClOS. The highest BCUT2D eigenvalue weighted by Gasteiger charge is 2.08. The second-order valence-corrected chi connectivity index (χ2v) is 4.55. The van der Waals surface area contributed by atoms with Crippen LogP contribution in [0.2, 0.25) is 5.02 Å². The van der Waals surface area contributed by atoms with E-state index in [1.54, 1.807) is 23.9 Å². The SMILES string of the molecule is CSCCC(=O)c1ccc(Cl)cc1C. The van der Waals surface area contributed by atoms with Gasteiger partial charge in [-0.25, -0.2) is 0 Å². The number of Topliss-reactive ketones (excluding diaryl/α,β-unsaturated/α-hetero) is 1. The molecule has 0 radical (unpaired) electrons. The lowest BCUT2D eigenvalue weighted by atomic mass is 10.0. The van der Waals surface area contributed by atoms with Crippen LogP contribution in [0.25, 0.3) is 0 Å². The summed E-state index contributed by atoms with van der Waals surface area (Å²) in [6, 6.07) is 5.40. The van der Waals surface area contributed by atoms with Crippen molar-refractivity contribution >= 4 is 29.1 Å². The van der Waals surface area contributed by atoms with Crippen LogP contribution >= 0.6 is 23.4 Å². The molecule has 1 rings (SSSR count). The number of carbonyl (C=O) groups excluding carboxylic acids is 1. The molecule has 0 bridgehead atoms. The number of hydrogen-bond acceptors (Lipinski definition) is 2. The second kappa shape index (κ2) is 5.42. The van der Waals surface area contributed by atoms with Crippen LogP contribution in [0.5, 0.6) is 0 Å². The molecule has 0 aliphatic heterocycles. The Balaban J connectivity index is 2.80. The van der Waals surface area contributed by atoms with E-state index in [0.29, 0.717) is 11.4 Å². The van der Waals surface area contributed by atoms with Gasteiger partial charge in [0.15, 0.2) is 5.78 Å². The van der Waals surface area contributed by atoms with Gasteiger partial charge in [0.1, 0.15) is 0 Å². The fraction of sp³-hybridized carbons (Fsp3) is 0.364. The van der Waals surface area contributed by atoms with Gasteiger partial charge in [-0.3, -0.25) is 4.79 Å². The first-order chi connectivity index (χ1) is 6.65. The Labute approximate surface area is 93.8 Å². The van der Waals surface area contributed by atoms with Crippen LogP contribution in [0.1, 0.15) is 22.3 Å². The maximum Gasteiger partial charge on any atom is 0.163 e. The normalized spacial score (nSPS) is 10.2. The molecule has 0 aromatic heterocycles. The summed E-state index contributed by atoms with van der Waals surface area (Å²) >= 11 is 7.50. The van der Waals surface area contributed by atoms with Gasteiger partial charge in [0, 0.05) is 22.8 Å². The Morgan fingerprint density at radius 3 is 2.79 bits per heavy atom. The van der Waals surface area contributed by atoms with Crippen LogP contribution < -0.4 is 0 Å². The van der Waals surface area contributed by atoms with Crippen LogP contribution in [0, 0.1) is 6.92 Å². The van der Waals surface area contributed by atoms with Gasteiger partial charge < -0.3 is 0 Å². The maximum absolute atomic E-state index is 11.7. The van der Waals surface area contributed by atoms with E-state index in [1.165, 1.54) is 0 Å². The predicted octanol–water partition coefficient (Wildman–Crippen LogP) is 3.58. The number of ketones is 1. The van der Waals surface area contributed by atoms with Gasteiger partial charge in [-0.2, -0.15) is 11.8 Å². The Bertz CT molecular complexity index is 336. The predicted molar refractivity (Wildman–Crippen MR) is 63.5 cm³/mol. The number of rotatable bonds is 4. The topological polar surface area (TPSA) is 17.1 Å². The Morgan fingerprint density at radius 1 is 1.50 bits per heavy atom. The smallest absolute Gasteiger partial charge is 0.163 e. The maximum atomic E-state index is 11.7. The van der Waals surface area contributed by atoms with E-state index in [2.05, 4.69) is 0 Å². The fourth-order valence-corrected chi connectivity index (χ4v) is 1.89. The van der Waals surface area contributed by atoms with Crippen molar-refractivity contribution in [3.63, 3.8) is 0 Å². The average Bonchev–Trinajstić information content (AvgIpc) is 2.14. The number of benzene rings is 1. The molecule has 0 amide bonds. The van der Waals surface area contributed by atoms with E-state index in [9.17, 15) is 4.79 Å². The first-order valence-electron chi connectivity index (χ1n) is 4.43. The fourth-order valence-electron chi connectivity index (χ4n) is 1.27. The third-order valence-corrected chi connectivity index (χ3v) is 2.87. The average molecular weight is 229 g/mol. The lowest BCUT2D eigenvalue weighted by Crippen LogP contribution is -2.02. The van der Waals surface area contributed by atoms with Crippen molar-refractivity contribution < 1.29 is 4.79 Å². The summed E-state index contributed by atoms with van der Waals surface area (Å²) in [5, 5.41) is 0.684. The van der Waals surface area contributed by atoms with Crippen LogP contribution in [0.4, 0.5) is 0 Å². The molecule has 0 aliphatic carbocycles. The summed E-state index contributed by atoms with van der Waals surface area (Å²) in [5.74, 6) is 1.08. The van der Waals surface area contributed by atoms with E-state index >= 15 is 0 Å². The van der Waals surface area contributed by atoms with Gasteiger partial charge in [-0.1, -0.05) is 11.6 Å². The summed E-state index contributed by atoms with van der Waals surface area (Å²) < 4.78 is 0. The van der Waals surface area contributed by atoms with Gasteiger partial charge >= 0.3 is 0 Å². The highest BCUT2D eigenvalue weighted by molar-refractivity contribution is 7.98. The molecule has 1 aromatic carbocycles. The summed E-state index contributed by atoms with van der Waals surface area (Å²) in [4.78, 5) is 11.7. The van der Waals surface area contributed by atoms with E-state index in [4.69, 9.17) is 11.6 Å². The molecule has 0 spiro atoms. The number of aryl methyl sites for hydroxylation is 1. The largest absolute Gasteiger partial charge is 0.294 e. The molecule has 0 heterocycles. The summed E-state index contributed by atoms with van der Waals surface area (Å²) in [7, 11) is 0. The van der Waals surface area contributed by atoms with Crippen LogP contribution in [0.15, 0.2) is 18.2 Å². The van der Waals surface area contributed by atoms with Gasteiger partial charge in [-0.05, 0) is 36.9 Å². The number of carbonyl (C=O) groups is 1. The van der Waals surface area contributed by atoms with Crippen molar-refractivity contribution in [1.82, 2.24) is 0 Å². The van der Waals surface area contributed by atoms with E-state index in [0.717, 1.165) is 16.9 Å². The Hall–Kier alpha value is -0.470. The highest BCUT2D eigenvalue weighted by Crippen LogP contribution is 2.17. The number of thioether (sulfide) groups is 1. The van der Waals surface area contributed by atoms with Crippen LogP contribution in [-0.2, 0) is 0 Å². The first kappa shape index (κ1) is 11.6. The van der Waals surface area contributed by atoms with Crippen LogP contribution in [-0.4, -0.2) is 17.8 Å². The van der Waals surface area contributed by atoms with Crippen molar-refractivity contribution in [2.75, 3.05) is 12.0 Å². The Morgan fingerprint density at radius 2 is 2.21 bits per heavy atom. The van der Waals surface area contributed by atoms with Crippen molar-refractivity contribution in [2.24, 2.45) is 0 Å².